The number of nitrogens with zero attached hydrogens (tertiary/aromatic N) is 4. The predicted octanol–water partition coefficient (Wildman–Crippen LogP) is 3.99. The van der Waals surface area contributed by atoms with Gasteiger partial charge in [0.2, 0.25) is 11.7 Å². The minimum atomic E-state index is -4.78. The number of aromatic amines is 1. The van der Waals surface area contributed by atoms with Crippen molar-refractivity contribution in [2.75, 3.05) is 18.6 Å². The maximum absolute atomic E-state index is 12.9. The van der Waals surface area contributed by atoms with E-state index in [9.17, 15) is 18.0 Å². The molecule has 0 saturated carbocycles. The molecule has 0 radical (unpaired) electrons. The van der Waals surface area contributed by atoms with Gasteiger partial charge in [0.1, 0.15) is 5.75 Å². The van der Waals surface area contributed by atoms with Gasteiger partial charge in [-0.2, -0.15) is 5.21 Å². The molecular formula is C19H17ClF3N5O3. The number of nitrogens with one attached hydrogen (secondary N) is 1. The lowest BCUT2D eigenvalue weighted by atomic mass is 10.1. The Morgan fingerprint density at radius 3 is 2.55 bits per heavy atom. The second kappa shape index (κ2) is 9.75. The first kappa shape index (κ1) is 22.5. The van der Waals surface area contributed by atoms with Gasteiger partial charge in [-0.3, -0.25) is 4.79 Å². The van der Waals surface area contributed by atoms with Gasteiger partial charge in [-0.25, -0.2) is 0 Å². The highest BCUT2D eigenvalue weighted by Gasteiger charge is 2.31. The van der Waals surface area contributed by atoms with Crippen LogP contribution < -0.4 is 9.64 Å². The van der Waals surface area contributed by atoms with E-state index in [4.69, 9.17) is 16.3 Å². The Kier molecular flexibility index (Phi) is 7.08. The maximum Gasteiger partial charge on any atom is 0.573 e. The molecule has 1 heterocycles. The van der Waals surface area contributed by atoms with Gasteiger partial charge in [0, 0.05) is 23.4 Å². The first-order valence-corrected chi connectivity index (χ1v) is 9.31. The number of alkyl halides is 3. The van der Waals surface area contributed by atoms with Gasteiger partial charge in [-0.15, -0.1) is 23.4 Å². The number of H-pyrrole nitrogens is 1. The van der Waals surface area contributed by atoms with Crippen molar-refractivity contribution in [3.8, 4) is 17.1 Å². The summed E-state index contributed by atoms with van der Waals surface area (Å²) in [5.74, 6) is -0.323. The van der Waals surface area contributed by atoms with Crippen LogP contribution in [0.25, 0.3) is 11.4 Å². The Balaban J connectivity index is 1.90. The van der Waals surface area contributed by atoms with Crippen molar-refractivity contribution in [1.82, 2.24) is 20.6 Å². The summed E-state index contributed by atoms with van der Waals surface area (Å²) >= 11 is 6.23. The quantitative estimate of drug-likeness (QED) is 0.552. The molecule has 0 unspecified atom stereocenters. The lowest BCUT2D eigenvalue weighted by Crippen LogP contribution is -2.31. The molecule has 1 amide bonds. The predicted molar refractivity (Wildman–Crippen MR) is 105 cm³/mol. The van der Waals surface area contributed by atoms with Gasteiger partial charge < -0.3 is 14.4 Å². The fraction of sp³-hybridized carbons (Fsp3) is 0.263. The Labute approximate surface area is 179 Å². The molecule has 1 N–H and O–H groups in total. The van der Waals surface area contributed by atoms with E-state index < -0.39 is 6.36 Å². The fourth-order valence-corrected chi connectivity index (χ4v) is 3.00. The van der Waals surface area contributed by atoms with Crippen LogP contribution >= 0.6 is 11.6 Å². The number of methoxy groups -OCH3 is 1. The number of carbonyl (C=O) groups is 1. The molecule has 0 saturated heterocycles. The van der Waals surface area contributed by atoms with E-state index in [0.29, 0.717) is 27.7 Å². The normalized spacial score (nSPS) is 11.4. The minimum absolute atomic E-state index is 0.0842. The Morgan fingerprint density at radius 1 is 1.19 bits per heavy atom. The summed E-state index contributed by atoms with van der Waals surface area (Å²) in [5, 5.41) is 14.0. The van der Waals surface area contributed by atoms with E-state index in [2.05, 4.69) is 25.4 Å². The highest BCUT2D eigenvalue weighted by Crippen LogP contribution is 2.29. The third kappa shape index (κ3) is 6.40. The molecule has 0 aliphatic rings. The molecule has 0 fully saturated rings. The Hall–Kier alpha value is -3.18. The van der Waals surface area contributed by atoms with Crippen LogP contribution in [0.15, 0.2) is 42.5 Å². The Bertz CT molecular complexity index is 1010. The number of hydrogen-bond acceptors (Lipinski definition) is 6. The van der Waals surface area contributed by atoms with Gasteiger partial charge in [-0.05, 0) is 41.1 Å². The number of amides is 1. The van der Waals surface area contributed by atoms with Crippen molar-refractivity contribution >= 4 is 23.2 Å². The zero-order valence-corrected chi connectivity index (χ0v) is 16.9. The first-order chi connectivity index (χ1) is 14.7. The van der Waals surface area contributed by atoms with E-state index >= 15 is 0 Å². The molecule has 3 rings (SSSR count). The van der Waals surface area contributed by atoms with Crippen LogP contribution in [0.4, 0.5) is 18.9 Å². The van der Waals surface area contributed by atoms with Crippen LogP contribution in [-0.2, 0) is 16.1 Å². The number of aromatic nitrogens is 4. The SMILES string of the molecule is COCCC(=O)N(Cc1ccc(OC(F)(F)F)cc1)c1cc(Cl)cc(-c2nn[nH]n2)c1. The molecule has 0 aliphatic carbocycles. The van der Waals surface area contributed by atoms with Gasteiger partial charge in [0.05, 0.1) is 19.6 Å². The molecule has 0 aliphatic heterocycles. The summed E-state index contributed by atoms with van der Waals surface area (Å²) in [6.07, 6.45) is -4.69. The van der Waals surface area contributed by atoms with Crippen LogP contribution in [0.1, 0.15) is 12.0 Å². The fourth-order valence-electron chi connectivity index (χ4n) is 2.77. The van der Waals surface area contributed by atoms with E-state index in [1.807, 2.05) is 0 Å². The largest absolute Gasteiger partial charge is 0.573 e. The van der Waals surface area contributed by atoms with E-state index in [0.717, 1.165) is 0 Å². The maximum atomic E-state index is 12.9. The van der Waals surface area contributed by atoms with Crippen LogP contribution in [0.2, 0.25) is 5.02 Å². The van der Waals surface area contributed by atoms with Crippen molar-refractivity contribution in [2.24, 2.45) is 0 Å². The standard InChI is InChI=1S/C19H17ClF3N5O3/c1-30-7-6-17(29)28(11-12-2-4-16(5-3-12)31-19(21,22)23)15-9-13(8-14(20)10-15)18-24-26-27-25-18/h2-5,8-10H,6-7,11H2,1H3,(H,24,25,26,27). The number of tetrazole rings is 1. The van der Waals surface area contributed by atoms with E-state index in [1.54, 1.807) is 18.2 Å². The van der Waals surface area contributed by atoms with Crippen molar-refractivity contribution in [1.29, 1.82) is 0 Å². The van der Waals surface area contributed by atoms with Crippen molar-refractivity contribution < 1.29 is 27.4 Å². The van der Waals surface area contributed by atoms with Crippen molar-refractivity contribution in [3.63, 3.8) is 0 Å². The van der Waals surface area contributed by atoms with Crippen LogP contribution in [0, 0.1) is 0 Å². The molecule has 0 bridgehead atoms. The van der Waals surface area contributed by atoms with Gasteiger partial charge in [0.25, 0.3) is 0 Å². The van der Waals surface area contributed by atoms with Gasteiger partial charge >= 0.3 is 6.36 Å². The first-order valence-electron chi connectivity index (χ1n) is 8.93. The molecule has 2 aromatic carbocycles. The zero-order chi connectivity index (χ0) is 22.4. The van der Waals surface area contributed by atoms with Crippen LogP contribution in [-0.4, -0.2) is 46.6 Å². The second-order valence-corrected chi connectivity index (χ2v) is 6.78. The number of carbonyl (C=O) groups excluding carboxylic acids is 1. The minimum Gasteiger partial charge on any atom is -0.406 e. The van der Waals surface area contributed by atoms with Crippen LogP contribution in [0.3, 0.4) is 0 Å². The molecule has 3 aromatic rings. The molecule has 12 heteroatoms. The number of rotatable bonds is 8. The number of hydrogen-bond donors (Lipinski definition) is 1. The van der Waals surface area contributed by atoms with Gasteiger partial charge in [0.15, 0.2) is 0 Å². The van der Waals surface area contributed by atoms with Gasteiger partial charge in [-0.1, -0.05) is 23.7 Å². The molecule has 8 nitrogen and oxygen atoms in total. The highest BCUT2D eigenvalue weighted by molar-refractivity contribution is 6.31. The summed E-state index contributed by atoms with van der Waals surface area (Å²) in [5.41, 5.74) is 1.58. The zero-order valence-electron chi connectivity index (χ0n) is 16.2. The topological polar surface area (TPSA) is 93.2 Å². The van der Waals surface area contributed by atoms with Crippen molar-refractivity contribution in [2.45, 2.75) is 19.3 Å². The number of anilines is 1. The molecule has 31 heavy (non-hydrogen) atoms. The Morgan fingerprint density at radius 2 is 1.94 bits per heavy atom. The summed E-state index contributed by atoms with van der Waals surface area (Å²) < 4.78 is 46.0. The summed E-state index contributed by atoms with van der Waals surface area (Å²) in [6.45, 7) is 0.285. The van der Waals surface area contributed by atoms with Crippen molar-refractivity contribution in [3.05, 3.63) is 53.1 Å². The molecule has 0 spiro atoms. The second-order valence-electron chi connectivity index (χ2n) is 6.35. The lowest BCUT2D eigenvalue weighted by Gasteiger charge is -2.24. The summed E-state index contributed by atoms with van der Waals surface area (Å²) in [4.78, 5) is 14.3. The smallest absolute Gasteiger partial charge is 0.406 e. The number of halogens is 4. The average Bonchev–Trinajstić information content (AvgIpc) is 3.25. The third-order valence-electron chi connectivity index (χ3n) is 4.12. The summed E-state index contributed by atoms with van der Waals surface area (Å²) in [6, 6.07) is 10.1. The molecule has 1 aromatic heterocycles. The number of ether oxygens (including phenoxy) is 2. The van der Waals surface area contributed by atoms with E-state index in [-0.39, 0.29) is 31.2 Å². The van der Waals surface area contributed by atoms with Crippen LogP contribution in [0.5, 0.6) is 5.75 Å². The lowest BCUT2D eigenvalue weighted by molar-refractivity contribution is -0.274. The third-order valence-corrected chi connectivity index (χ3v) is 4.33. The number of benzene rings is 2. The molecule has 0 atom stereocenters. The molecular weight excluding hydrogens is 439 g/mol. The monoisotopic (exact) mass is 455 g/mol. The van der Waals surface area contributed by atoms with E-state index in [1.165, 1.54) is 36.3 Å². The summed E-state index contributed by atoms with van der Waals surface area (Å²) in [7, 11) is 1.48. The average molecular weight is 456 g/mol. The highest BCUT2D eigenvalue weighted by atomic mass is 35.5. The molecule has 164 valence electrons.